The quantitative estimate of drug-likeness (QED) is 0.740. The average Bonchev–Trinajstić information content (AvgIpc) is 2.26. The third-order valence-electron chi connectivity index (χ3n) is 2.12. The molecule has 0 saturated heterocycles. The smallest absolute Gasteiger partial charge is 0.120 e. The fraction of sp³-hybridized carbons (Fsp3) is 0.500. The van der Waals surface area contributed by atoms with Gasteiger partial charge in [-0.2, -0.15) is 0 Å². The van der Waals surface area contributed by atoms with Crippen LogP contribution >= 0.6 is 15.9 Å². The lowest BCUT2D eigenvalue weighted by atomic mass is 10.2. The second kappa shape index (κ2) is 6.85. The van der Waals surface area contributed by atoms with Crippen molar-refractivity contribution in [1.82, 2.24) is 0 Å². The van der Waals surface area contributed by atoms with Crippen LogP contribution in [0.2, 0.25) is 0 Å². The summed E-state index contributed by atoms with van der Waals surface area (Å²) in [4.78, 5) is 0. The van der Waals surface area contributed by atoms with Gasteiger partial charge in [0, 0.05) is 25.5 Å². The largest absolute Gasteiger partial charge is 0.491 e. The summed E-state index contributed by atoms with van der Waals surface area (Å²) in [5, 5.41) is 0.858. The minimum atomic E-state index is 0.190. The summed E-state index contributed by atoms with van der Waals surface area (Å²) in [6, 6.07) is 8.11. The Hall–Kier alpha value is -0.540. The third-order valence-corrected chi connectivity index (χ3v) is 2.77. The molecule has 1 rings (SSSR count). The molecule has 2 nitrogen and oxygen atoms in total. The molecule has 0 bridgehead atoms. The zero-order valence-electron chi connectivity index (χ0n) is 9.20. The van der Waals surface area contributed by atoms with Gasteiger partial charge in [0.2, 0.25) is 0 Å². The van der Waals surface area contributed by atoms with Crippen LogP contribution in [0.1, 0.15) is 18.9 Å². The van der Waals surface area contributed by atoms with Crippen molar-refractivity contribution in [2.45, 2.75) is 24.8 Å². The van der Waals surface area contributed by atoms with Gasteiger partial charge in [-0.25, -0.2) is 0 Å². The first-order valence-corrected chi connectivity index (χ1v) is 6.19. The number of benzene rings is 1. The highest BCUT2D eigenvalue weighted by Gasteiger charge is 2.03. The maximum Gasteiger partial charge on any atom is 0.120 e. The monoisotopic (exact) mass is 272 g/mol. The van der Waals surface area contributed by atoms with E-state index in [4.69, 9.17) is 9.47 Å². The lowest BCUT2D eigenvalue weighted by Crippen LogP contribution is -2.14. The van der Waals surface area contributed by atoms with Gasteiger partial charge in [0.1, 0.15) is 5.75 Å². The molecule has 0 saturated carbocycles. The molecule has 3 heteroatoms. The molecule has 15 heavy (non-hydrogen) atoms. The molecule has 0 aliphatic carbocycles. The highest BCUT2D eigenvalue weighted by molar-refractivity contribution is 9.08. The molecule has 1 atom stereocenters. The zero-order chi connectivity index (χ0) is 11.1. The number of hydrogen-bond donors (Lipinski definition) is 0. The van der Waals surface area contributed by atoms with Gasteiger partial charge in [0.25, 0.3) is 0 Å². The molecule has 0 aliphatic rings. The Morgan fingerprint density at radius 2 is 2.20 bits per heavy atom. The maximum atomic E-state index is 5.76. The summed E-state index contributed by atoms with van der Waals surface area (Å²) in [6.45, 7) is 2.79. The Balaban J connectivity index is 2.48. The van der Waals surface area contributed by atoms with Crippen LogP contribution in [0.25, 0.3) is 0 Å². The highest BCUT2D eigenvalue weighted by Crippen LogP contribution is 2.17. The number of ether oxygens (including phenoxy) is 2. The molecule has 0 fully saturated rings. The summed E-state index contributed by atoms with van der Waals surface area (Å²) in [6.07, 6.45) is 1.10. The van der Waals surface area contributed by atoms with Crippen molar-refractivity contribution in [3.05, 3.63) is 29.8 Å². The first-order valence-electron chi connectivity index (χ1n) is 5.06. The summed E-state index contributed by atoms with van der Waals surface area (Å²) < 4.78 is 10.8. The van der Waals surface area contributed by atoms with E-state index >= 15 is 0 Å². The molecule has 0 radical (unpaired) electrons. The van der Waals surface area contributed by atoms with Crippen LogP contribution in [0.3, 0.4) is 0 Å². The van der Waals surface area contributed by atoms with Crippen molar-refractivity contribution in [2.24, 2.45) is 0 Å². The van der Waals surface area contributed by atoms with E-state index in [2.05, 4.69) is 35.0 Å². The van der Waals surface area contributed by atoms with Crippen LogP contribution in [0.5, 0.6) is 5.75 Å². The molecule has 1 aromatic rings. The van der Waals surface area contributed by atoms with Crippen LogP contribution in [0.15, 0.2) is 24.3 Å². The molecular formula is C12H17BrO2. The van der Waals surface area contributed by atoms with Gasteiger partial charge >= 0.3 is 0 Å². The summed E-state index contributed by atoms with van der Waals surface area (Å²) in [7, 11) is 1.71. The van der Waals surface area contributed by atoms with E-state index in [1.807, 2.05) is 12.1 Å². The van der Waals surface area contributed by atoms with Crippen LogP contribution in [-0.2, 0) is 10.1 Å². The molecular weight excluding hydrogens is 256 g/mol. The van der Waals surface area contributed by atoms with Gasteiger partial charge in [0.05, 0.1) is 6.10 Å². The molecule has 0 N–H and O–H groups in total. The fourth-order valence-corrected chi connectivity index (χ4v) is 1.63. The SMILES string of the molecule is COCCC(C)Oc1cccc(CBr)c1. The van der Waals surface area contributed by atoms with Gasteiger partial charge < -0.3 is 9.47 Å². The van der Waals surface area contributed by atoms with Gasteiger partial charge in [0.15, 0.2) is 0 Å². The van der Waals surface area contributed by atoms with E-state index in [1.54, 1.807) is 7.11 Å². The molecule has 1 unspecified atom stereocenters. The predicted molar refractivity (Wildman–Crippen MR) is 65.7 cm³/mol. The van der Waals surface area contributed by atoms with E-state index in [0.29, 0.717) is 0 Å². The van der Waals surface area contributed by atoms with Crippen molar-refractivity contribution in [2.75, 3.05) is 13.7 Å². The minimum absolute atomic E-state index is 0.190. The minimum Gasteiger partial charge on any atom is -0.491 e. The van der Waals surface area contributed by atoms with E-state index < -0.39 is 0 Å². The molecule has 0 spiro atoms. The van der Waals surface area contributed by atoms with E-state index in [-0.39, 0.29) is 6.10 Å². The highest BCUT2D eigenvalue weighted by atomic mass is 79.9. The number of rotatable bonds is 6. The molecule has 0 heterocycles. The Morgan fingerprint density at radius 3 is 2.87 bits per heavy atom. The van der Waals surface area contributed by atoms with Crippen molar-refractivity contribution in [3.8, 4) is 5.75 Å². The zero-order valence-corrected chi connectivity index (χ0v) is 10.8. The van der Waals surface area contributed by atoms with Crippen LogP contribution in [0.4, 0.5) is 0 Å². The summed E-state index contributed by atoms with van der Waals surface area (Å²) in [5.41, 5.74) is 1.23. The Labute approximate surface area is 99.7 Å². The molecule has 0 aliphatic heterocycles. The van der Waals surface area contributed by atoms with Crippen molar-refractivity contribution in [1.29, 1.82) is 0 Å². The summed E-state index contributed by atoms with van der Waals surface area (Å²) >= 11 is 3.42. The second-order valence-electron chi connectivity index (χ2n) is 3.49. The number of alkyl halides is 1. The molecule has 84 valence electrons. The molecule has 1 aromatic carbocycles. The Bertz CT molecular complexity index is 289. The topological polar surface area (TPSA) is 18.5 Å². The van der Waals surface area contributed by atoms with E-state index in [1.165, 1.54) is 5.56 Å². The lowest BCUT2D eigenvalue weighted by molar-refractivity contribution is 0.135. The first-order chi connectivity index (χ1) is 7.26. The maximum absolute atomic E-state index is 5.76. The Kier molecular flexibility index (Phi) is 5.73. The lowest BCUT2D eigenvalue weighted by Gasteiger charge is -2.14. The van der Waals surface area contributed by atoms with Crippen LogP contribution < -0.4 is 4.74 Å². The fourth-order valence-electron chi connectivity index (χ4n) is 1.28. The van der Waals surface area contributed by atoms with Gasteiger partial charge in [-0.15, -0.1) is 0 Å². The first kappa shape index (κ1) is 12.5. The molecule has 0 amide bonds. The summed E-state index contributed by atoms with van der Waals surface area (Å²) in [5.74, 6) is 0.926. The van der Waals surface area contributed by atoms with E-state index in [0.717, 1.165) is 24.1 Å². The number of methoxy groups -OCH3 is 1. The van der Waals surface area contributed by atoms with Gasteiger partial charge in [-0.1, -0.05) is 28.1 Å². The standard InChI is InChI=1S/C12H17BrO2/c1-10(6-7-14-2)15-12-5-3-4-11(8-12)9-13/h3-5,8,10H,6-7,9H2,1-2H3. The number of hydrogen-bond acceptors (Lipinski definition) is 2. The van der Waals surface area contributed by atoms with Crippen molar-refractivity contribution >= 4 is 15.9 Å². The van der Waals surface area contributed by atoms with Gasteiger partial charge in [-0.05, 0) is 24.6 Å². The normalized spacial score (nSPS) is 12.5. The van der Waals surface area contributed by atoms with E-state index in [9.17, 15) is 0 Å². The Morgan fingerprint density at radius 1 is 1.40 bits per heavy atom. The van der Waals surface area contributed by atoms with Crippen molar-refractivity contribution < 1.29 is 9.47 Å². The number of halogens is 1. The predicted octanol–water partition coefficient (Wildman–Crippen LogP) is 3.39. The molecule has 0 aromatic heterocycles. The van der Waals surface area contributed by atoms with Crippen molar-refractivity contribution in [3.63, 3.8) is 0 Å². The van der Waals surface area contributed by atoms with Crippen LogP contribution in [0, 0.1) is 0 Å². The second-order valence-corrected chi connectivity index (χ2v) is 4.05. The van der Waals surface area contributed by atoms with Gasteiger partial charge in [-0.3, -0.25) is 0 Å². The third kappa shape index (κ3) is 4.67. The van der Waals surface area contributed by atoms with Crippen LogP contribution in [-0.4, -0.2) is 19.8 Å². The average molecular weight is 273 g/mol.